The molecule has 0 aromatic heterocycles. The van der Waals surface area contributed by atoms with Crippen LogP contribution in [0.15, 0.2) is 54.6 Å². The summed E-state index contributed by atoms with van der Waals surface area (Å²) in [5.74, 6) is -0.447. The van der Waals surface area contributed by atoms with Crippen LogP contribution >= 0.6 is 0 Å². The predicted molar refractivity (Wildman–Crippen MR) is 107 cm³/mol. The van der Waals surface area contributed by atoms with Crippen molar-refractivity contribution in [2.45, 2.75) is 31.8 Å². The van der Waals surface area contributed by atoms with Crippen molar-refractivity contribution in [3.63, 3.8) is 0 Å². The van der Waals surface area contributed by atoms with Gasteiger partial charge >= 0.3 is 5.30 Å². The third kappa shape index (κ3) is 4.59. The van der Waals surface area contributed by atoms with Gasteiger partial charge in [0, 0.05) is 18.4 Å². The summed E-state index contributed by atoms with van der Waals surface area (Å²) in [5, 5.41) is 0.249. The van der Waals surface area contributed by atoms with Gasteiger partial charge in [0.05, 0.1) is 6.54 Å². The summed E-state index contributed by atoms with van der Waals surface area (Å²) in [6.45, 7) is 3.06. The van der Waals surface area contributed by atoms with Crippen LogP contribution in [0.2, 0.25) is 0 Å². The molecule has 3 rings (SSSR count). The second kappa shape index (κ2) is 8.65. The van der Waals surface area contributed by atoms with Crippen molar-refractivity contribution >= 4 is 21.0 Å². The molecule has 154 valence electrons. The Hall–Kier alpha value is -2.87. The fourth-order valence-electron chi connectivity index (χ4n) is 3.40. The minimum atomic E-state index is -4.32. The van der Waals surface area contributed by atoms with E-state index >= 15 is 0 Å². The lowest BCUT2D eigenvalue weighted by atomic mass is 9.91. The first-order valence-corrected chi connectivity index (χ1v) is 10.8. The molecule has 1 aliphatic heterocycles. The average molecular weight is 417 g/mol. The normalized spacial score (nSPS) is 20.8. The Balaban J connectivity index is 1.86. The molecule has 2 aromatic rings. The van der Waals surface area contributed by atoms with E-state index in [1.54, 1.807) is 55.5 Å². The molecule has 1 N–H and O–H groups in total. The highest BCUT2D eigenvalue weighted by Crippen LogP contribution is 2.43. The Morgan fingerprint density at radius 2 is 1.72 bits per heavy atom. The first-order valence-electron chi connectivity index (χ1n) is 9.25. The number of hydrogen-bond donors (Lipinski definition) is 1. The lowest BCUT2D eigenvalue weighted by Gasteiger charge is -2.36. The number of amides is 1. The number of fused-ring (bicyclic) bond motifs is 1. The zero-order chi connectivity index (χ0) is 21.0. The van der Waals surface area contributed by atoms with E-state index in [-0.39, 0.29) is 19.1 Å². The molecule has 8 heteroatoms. The van der Waals surface area contributed by atoms with Gasteiger partial charge in [-0.05, 0) is 11.6 Å². The van der Waals surface area contributed by atoms with E-state index < -0.39 is 32.4 Å². The fraction of sp³-hybridized carbons (Fsp3) is 0.333. The van der Waals surface area contributed by atoms with E-state index in [2.05, 4.69) is 5.32 Å². The van der Waals surface area contributed by atoms with Crippen LogP contribution < -0.4 is 10.1 Å². The maximum atomic E-state index is 13.1. The van der Waals surface area contributed by atoms with E-state index in [1.807, 2.05) is 6.07 Å². The Labute approximate surface area is 169 Å². The first kappa shape index (κ1) is 20.9. The lowest BCUT2D eigenvalue weighted by Crippen LogP contribution is -2.45. The molecule has 3 atom stereocenters. The van der Waals surface area contributed by atoms with Gasteiger partial charge in [-0.25, -0.2) is 13.2 Å². The second-order valence-corrected chi connectivity index (χ2v) is 8.91. The molecule has 0 fully saturated rings. The summed E-state index contributed by atoms with van der Waals surface area (Å²) in [4.78, 5) is 23.8. The highest BCUT2D eigenvalue weighted by atomic mass is 32.2. The van der Waals surface area contributed by atoms with Crippen LogP contribution in [-0.2, 0) is 26.0 Å². The van der Waals surface area contributed by atoms with Gasteiger partial charge in [0.1, 0.15) is 23.7 Å². The SMILES string of the molecule is CC(=O)NC[C@@H]1Oc2ccccc2C(S(=O)(=O)C(=O)OCc2ccccc2)[C@@H]1C. The van der Waals surface area contributed by atoms with Gasteiger partial charge in [-0.3, -0.25) is 4.79 Å². The molecular weight excluding hydrogens is 394 g/mol. The van der Waals surface area contributed by atoms with Crippen LogP contribution in [0.1, 0.15) is 30.2 Å². The number of hydrogen-bond acceptors (Lipinski definition) is 6. The summed E-state index contributed by atoms with van der Waals surface area (Å²) < 4.78 is 37.3. The van der Waals surface area contributed by atoms with Gasteiger partial charge in [-0.2, -0.15) is 0 Å². The van der Waals surface area contributed by atoms with E-state index in [0.29, 0.717) is 16.9 Å². The summed E-state index contributed by atoms with van der Waals surface area (Å²) in [5.41, 5.74) is 1.11. The number of carbonyl (C=O) groups is 2. The van der Waals surface area contributed by atoms with Crippen molar-refractivity contribution in [1.82, 2.24) is 5.32 Å². The van der Waals surface area contributed by atoms with Crippen LogP contribution in [0.5, 0.6) is 5.75 Å². The molecule has 7 nitrogen and oxygen atoms in total. The second-order valence-electron chi connectivity index (χ2n) is 6.98. The lowest BCUT2D eigenvalue weighted by molar-refractivity contribution is -0.119. The number of benzene rings is 2. The minimum Gasteiger partial charge on any atom is -0.488 e. The molecule has 0 saturated heterocycles. The average Bonchev–Trinajstić information content (AvgIpc) is 2.70. The summed E-state index contributed by atoms with van der Waals surface area (Å²) >= 11 is 0. The first-order chi connectivity index (χ1) is 13.8. The molecule has 1 unspecified atom stereocenters. The maximum absolute atomic E-state index is 13.1. The number of ether oxygens (including phenoxy) is 2. The van der Waals surface area contributed by atoms with Gasteiger partial charge in [0.2, 0.25) is 5.91 Å². The fourth-order valence-corrected chi connectivity index (χ4v) is 5.10. The number of carbonyl (C=O) groups excluding carboxylic acids is 2. The third-order valence-electron chi connectivity index (χ3n) is 4.89. The number of rotatable bonds is 5. The quantitative estimate of drug-likeness (QED) is 0.751. The molecule has 1 amide bonds. The molecular formula is C21H23NO6S. The summed E-state index contributed by atoms with van der Waals surface area (Å²) in [7, 11) is -4.32. The molecule has 0 spiro atoms. The van der Waals surface area contributed by atoms with Crippen molar-refractivity contribution in [3.8, 4) is 5.75 Å². The maximum Gasteiger partial charge on any atom is 0.425 e. The number of nitrogens with one attached hydrogen (secondary N) is 1. The molecule has 0 saturated carbocycles. The van der Waals surface area contributed by atoms with E-state index in [4.69, 9.17) is 9.47 Å². The monoisotopic (exact) mass is 417 g/mol. The van der Waals surface area contributed by atoms with Gasteiger partial charge in [-0.15, -0.1) is 0 Å². The van der Waals surface area contributed by atoms with Gasteiger partial charge in [0.15, 0.2) is 0 Å². The Kier molecular flexibility index (Phi) is 6.22. The van der Waals surface area contributed by atoms with Gasteiger partial charge in [-0.1, -0.05) is 55.5 Å². The topological polar surface area (TPSA) is 98.8 Å². The van der Waals surface area contributed by atoms with Gasteiger partial charge in [0.25, 0.3) is 9.84 Å². The Morgan fingerprint density at radius 3 is 2.41 bits per heavy atom. The number of para-hydroxylation sites is 1. The minimum absolute atomic E-state index is 0.131. The molecule has 1 aliphatic rings. The highest BCUT2D eigenvalue weighted by molar-refractivity contribution is 8.05. The zero-order valence-corrected chi connectivity index (χ0v) is 17.0. The van der Waals surface area contributed by atoms with Crippen LogP contribution in [0.4, 0.5) is 4.79 Å². The number of sulfone groups is 1. The van der Waals surface area contributed by atoms with Crippen LogP contribution in [0.25, 0.3) is 0 Å². The van der Waals surface area contributed by atoms with Gasteiger partial charge < -0.3 is 14.8 Å². The van der Waals surface area contributed by atoms with Crippen LogP contribution in [-0.4, -0.2) is 32.3 Å². The van der Waals surface area contributed by atoms with Crippen molar-refractivity contribution in [3.05, 3.63) is 65.7 Å². The predicted octanol–water partition coefficient (Wildman–Crippen LogP) is 3.01. The molecule has 29 heavy (non-hydrogen) atoms. The van der Waals surface area contributed by atoms with Crippen molar-refractivity contribution in [2.75, 3.05) is 6.54 Å². The summed E-state index contributed by atoms with van der Waals surface area (Å²) in [6.07, 6.45) is -0.601. The smallest absolute Gasteiger partial charge is 0.425 e. The molecule has 0 bridgehead atoms. The Bertz CT molecular complexity index is 989. The Morgan fingerprint density at radius 1 is 1.07 bits per heavy atom. The van der Waals surface area contributed by atoms with Crippen molar-refractivity contribution in [1.29, 1.82) is 0 Å². The van der Waals surface area contributed by atoms with Crippen LogP contribution in [0, 0.1) is 5.92 Å². The molecule has 0 radical (unpaired) electrons. The van der Waals surface area contributed by atoms with Crippen molar-refractivity contribution in [2.24, 2.45) is 5.92 Å². The van der Waals surface area contributed by atoms with E-state index in [9.17, 15) is 18.0 Å². The van der Waals surface area contributed by atoms with Crippen molar-refractivity contribution < 1.29 is 27.5 Å². The van der Waals surface area contributed by atoms with E-state index in [0.717, 1.165) is 0 Å². The largest absolute Gasteiger partial charge is 0.488 e. The molecule has 0 aliphatic carbocycles. The van der Waals surface area contributed by atoms with Crippen LogP contribution in [0.3, 0.4) is 0 Å². The highest BCUT2D eigenvalue weighted by Gasteiger charge is 2.47. The van der Waals surface area contributed by atoms with E-state index in [1.165, 1.54) is 6.92 Å². The summed E-state index contributed by atoms with van der Waals surface area (Å²) in [6, 6.07) is 15.6. The standard InChI is InChI=1S/C21H23NO6S/c1-14-19(12-22-15(2)23)28-18-11-7-6-10-17(18)20(14)29(25,26)21(24)27-13-16-8-4-3-5-9-16/h3-11,14,19-20H,12-13H2,1-2H3,(H,22,23)/t14-,19+,20?/m1/s1. The molecule has 1 heterocycles. The molecule has 2 aromatic carbocycles. The third-order valence-corrected chi connectivity index (χ3v) is 6.82. The zero-order valence-electron chi connectivity index (χ0n) is 16.2.